The number of benzene rings is 1. The lowest BCUT2D eigenvalue weighted by Crippen LogP contribution is -2.28. The van der Waals surface area contributed by atoms with Crippen LogP contribution in [0.4, 0.5) is 0 Å². The van der Waals surface area contributed by atoms with E-state index in [2.05, 4.69) is 11.1 Å². The van der Waals surface area contributed by atoms with Gasteiger partial charge in [-0.05, 0) is 39.0 Å². The first kappa shape index (κ1) is 18.1. The number of hydrogen-bond acceptors (Lipinski definition) is 5. The second-order valence-corrected chi connectivity index (χ2v) is 7.72. The number of nitrogens with zero attached hydrogens (tertiary/aromatic N) is 3. The molecule has 0 spiro atoms. The van der Waals surface area contributed by atoms with Crippen molar-refractivity contribution in [1.82, 2.24) is 9.55 Å². The summed E-state index contributed by atoms with van der Waals surface area (Å²) >= 11 is 1.14. The number of fused-ring (bicyclic) bond motifs is 1. The molecule has 0 unspecified atom stereocenters. The normalized spacial score (nSPS) is 11.7. The SMILES string of the molecule is COC(C)(C)Cn1cc(C#N)c2cc(-c3nc(C)c(C(=O)O)s3)ccc21. The summed E-state index contributed by atoms with van der Waals surface area (Å²) in [5.41, 5.74) is 2.44. The lowest BCUT2D eigenvalue weighted by atomic mass is 10.1. The van der Waals surface area contributed by atoms with Gasteiger partial charge in [-0.2, -0.15) is 5.26 Å². The van der Waals surface area contributed by atoms with Gasteiger partial charge >= 0.3 is 5.97 Å². The number of thiazole rings is 1. The third-order valence-electron chi connectivity index (χ3n) is 4.34. The van der Waals surface area contributed by atoms with Crippen LogP contribution in [0.5, 0.6) is 0 Å². The van der Waals surface area contributed by atoms with Gasteiger partial charge in [-0.15, -0.1) is 11.3 Å². The monoisotopic (exact) mass is 369 g/mol. The van der Waals surface area contributed by atoms with Crippen molar-refractivity contribution in [2.45, 2.75) is 32.9 Å². The van der Waals surface area contributed by atoms with Crippen LogP contribution >= 0.6 is 11.3 Å². The third kappa shape index (κ3) is 3.21. The molecule has 0 saturated heterocycles. The molecule has 0 amide bonds. The highest BCUT2D eigenvalue weighted by Gasteiger charge is 2.21. The van der Waals surface area contributed by atoms with Gasteiger partial charge in [0.05, 0.1) is 23.4 Å². The van der Waals surface area contributed by atoms with Crippen LogP contribution in [0.15, 0.2) is 24.4 Å². The average Bonchev–Trinajstić information content (AvgIpc) is 3.15. The zero-order chi connectivity index (χ0) is 19.1. The maximum Gasteiger partial charge on any atom is 0.347 e. The number of aromatic nitrogens is 2. The second-order valence-electron chi connectivity index (χ2n) is 6.72. The first-order valence-corrected chi connectivity index (χ1v) is 8.86. The van der Waals surface area contributed by atoms with E-state index >= 15 is 0 Å². The first-order chi connectivity index (χ1) is 12.3. The highest BCUT2D eigenvalue weighted by atomic mass is 32.1. The van der Waals surface area contributed by atoms with Gasteiger partial charge in [-0.1, -0.05) is 0 Å². The number of ether oxygens (including phenoxy) is 1. The fraction of sp³-hybridized carbons (Fsp3) is 0.316. The number of nitriles is 1. The van der Waals surface area contributed by atoms with Gasteiger partial charge in [0.1, 0.15) is 16.0 Å². The molecular weight excluding hydrogens is 350 g/mol. The Morgan fingerprint density at radius 1 is 1.46 bits per heavy atom. The van der Waals surface area contributed by atoms with Crippen molar-refractivity contribution in [2.24, 2.45) is 0 Å². The van der Waals surface area contributed by atoms with E-state index in [9.17, 15) is 15.2 Å². The summed E-state index contributed by atoms with van der Waals surface area (Å²) in [6.07, 6.45) is 1.82. The number of hydrogen-bond donors (Lipinski definition) is 1. The van der Waals surface area contributed by atoms with E-state index in [0.717, 1.165) is 27.8 Å². The van der Waals surface area contributed by atoms with Crippen molar-refractivity contribution in [3.63, 3.8) is 0 Å². The highest BCUT2D eigenvalue weighted by molar-refractivity contribution is 7.17. The topological polar surface area (TPSA) is 88.1 Å². The summed E-state index contributed by atoms with van der Waals surface area (Å²) in [7, 11) is 1.67. The van der Waals surface area contributed by atoms with Crippen LogP contribution in [0, 0.1) is 18.3 Å². The molecule has 134 valence electrons. The number of rotatable bonds is 5. The van der Waals surface area contributed by atoms with Gasteiger partial charge < -0.3 is 14.4 Å². The minimum absolute atomic E-state index is 0.236. The first-order valence-electron chi connectivity index (χ1n) is 8.05. The predicted octanol–water partition coefficient (Wildman–Crippen LogP) is 4.07. The minimum Gasteiger partial charge on any atom is -0.477 e. The van der Waals surface area contributed by atoms with Crippen LogP contribution in [0.25, 0.3) is 21.5 Å². The quantitative estimate of drug-likeness (QED) is 0.732. The molecule has 0 atom stereocenters. The molecule has 6 nitrogen and oxygen atoms in total. The van der Waals surface area contributed by atoms with Crippen LogP contribution in [0.3, 0.4) is 0 Å². The minimum atomic E-state index is -0.974. The van der Waals surface area contributed by atoms with Crippen molar-refractivity contribution in [2.75, 3.05) is 7.11 Å². The zero-order valence-corrected chi connectivity index (χ0v) is 15.8. The van der Waals surface area contributed by atoms with Crippen molar-refractivity contribution in [1.29, 1.82) is 5.26 Å². The number of carboxylic acids is 1. The molecule has 0 aliphatic carbocycles. The number of carbonyl (C=O) groups is 1. The van der Waals surface area contributed by atoms with Gasteiger partial charge in [0.25, 0.3) is 0 Å². The molecule has 26 heavy (non-hydrogen) atoms. The van der Waals surface area contributed by atoms with Crippen LogP contribution < -0.4 is 0 Å². The zero-order valence-electron chi connectivity index (χ0n) is 15.0. The van der Waals surface area contributed by atoms with Crippen molar-refractivity contribution in [3.8, 4) is 16.6 Å². The lowest BCUT2D eigenvalue weighted by molar-refractivity contribution is 0.00912. The molecule has 0 saturated carbocycles. The predicted molar refractivity (Wildman–Crippen MR) is 101 cm³/mol. The molecule has 0 aliphatic rings. The molecular formula is C19H19N3O3S. The van der Waals surface area contributed by atoms with Crippen molar-refractivity contribution in [3.05, 3.63) is 40.5 Å². The molecule has 1 N–H and O–H groups in total. The number of methoxy groups -OCH3 is 1. The van der Waals surface area contributed by atoms with E-state index < -0.39 is 5.97 Å². The van der Waals surface area contributed by atoms with Crippen molar-refractivity contribution >= 4 is 28.2 Å². The van der Waals surface area contributed by atoms with E-state index in [4.69, 9.17) is 4.74 Å². The molecule has 7 heteroatoms. The number of aryl methyl sites for hydroxylation is 1. The Labute approximate surface area is 155 Å². The highest BCUT2D eigenvalue weighted by Crippen LogP contribution is 2.32. The van der Waals surface area contributed by atoms with Crippen molar-refractivity contribution < 1.29 is 14.6 Å². The summed E-state index contributed by atoms with van der Waals surface area (Å²) in [6.45, 7) is 6.28. The van der Waals surface area contributed by atoms with Crippen LogP contribution in [0.1, 0.15) is 34.8 Å². The van der Waals surface area contributed by atoms with Gasteiger partial charge in [-0.25, -0.2) is 9.78 Å². The fourth-order valence-corrected chi connectivity index (χ4v) is 3.74. The molecule has 2 aromatic heterocycles. The fourth-order valence-electron chi connectivity index (χ4n) is 2.84. The molecule has 3 aromatic rings. The van der Waals surface area contributed by atoms with E-state index in [1.165, 1.54) is 0 Å². The summed E-state index contributed by atoms with van der Waals surface area (Å²) in [6, 6.07) is 7.98. The van der Waals surface area contributed by atoms with E-state index in [1.807, 2.05) is 42.8 Å². The van der Waals surface area contributed by atoms with Gasteiger partial charge in [0, 0.05) is 29.8 Å². The van der Waals surface area contributed by atoms with E-state index in [-0.39, 0.29) is 10.5 Å². The Bertz CT molecular complexity index is 1040. The standard InChI is InChI=1S/C19H19N3O3S/c1-11-16(18(23)24)26-17(21-11)12-5-6-15-14(7-12)13(8-20)9-22(15)10-19(2,3)25-4/h5-7,9H,10H2,1-4H3,(H,23,24). The van der Waals surface area contributed by atoms with E-state index in [0.29, 0.717) is 22.8 Å². The Kier molecular flexibility index (Phi) is 4.57. The maximum atomic E-state index is 11.3. The van der Waals surface area contributed by atoms with Crippen LogP contribution in [-0.2, 0) is 11.3 Å². The number of aromatic carboxylic acids is 1. The van der Waals surface area contributed by atoms with E-state index in [1.54, 1.807) is 14.0 Å². The van der Waals surface area contributed by atoms with Crippen LogP contribution in [-0.4, -0.2) is 33.3 Å². The van der Waals surface area contributed by atoms with Crippen LogP contribution in [0.2, 0.25) is 0 Å². The molecule has 0 fully saturated rings. The third-order valence-corrected chi connectivity index (χ3v) is 5.54. The Morgan fingerprint density at radius 2 is 2.19 bits per heavy atom. The number of carboxylic acid groups (broad SMARTS) is 1. The summed E-state index contributed by atoms with van der Waals surface area (Å²) in [5.74, 6) is -0.974. The Balaban J connectivity index is 2.11. The summed E-state index contributed by atoms with van der Waals surface area (Å²) in [4.78, 5) is 15.9. The molecule has 3 rings (SSSR count). The smallest absolute Gasteiger partial charge is 0.347 e. The Hall–Kier alpha value is -2.69. The maximum absolute atomic E-state index is 11.3. The lowest BCUT2D eigenvalue weighted by Gasteiger charge is -2.24. The summed E-state index contributed by atoms with van der Waals surface area (Å²) < 4.78 is 7.51. The molecule has 2 heterocycles. The largest absolute Gasteiger partial charge is 0.477 e. The van der Waals surface area contributed by atoms with Gasteiger partial charge in [0.2, 0.25) is 0 Å². The molecule has 0 bridgehead atoms. The average molecular weight is 369 g/mol. The van der Waals surface area contributed by atoms with Gasteiger partial charge in [-0.3, -0.25) is 0 Å². The Morgan fingerprint density at radius 3 is 2.77 bits per heavy atom. The molecule has 0 radical (unpaired) electrons. The second kappa shape index (κ2) is 6.56. The molecule has 1 aromatic carbocycles. The van der Waals surface area contributed by atoms with Gasteiger partial charge in [0.15, 0.2) is 0 Å². The molecule has 0 aliphatic heterocycles. The summed E-state index contributed by atoms with van der Waals surface area (Å²) in [5, 5.41) is 20.2.